The van der Waals surface area contributed by atoms with Crippen LogP contribution in [0, 0.1) is 0 Å². The van der Waals surface area contributed by atoms with Crippen LogP contribution in [0.4, 0.5) is 0 Å². The SMILES string of the molecule is CNC(=O)COc1cccc2c(CC(C)(C)N)c[nH]c12. The van der Waals surface area contributed by atoms with Gasteiger partial charge in [-0.3, -0.25) is 4.79 Å². The number of benzene rings is 1. The smallest absolute Gasteiger partial charge is 0.257 e. The van der Waals surface area contributed by atoms with Gasteiger partial charge in [-0.25, -0.2) is 0 Å². The van der Waals surface area contributed by atoms with Crippen LogP contribution in [0.15, 0.2) is 24.4 Å². The number of likely N-dealkylation sites (N-methyl/N-ethyl adjacent to an activating group) is 1. The molecule has 4 N–H and O–H groups in total. The van der Waals surface area contributed by atoms with E-state index in [9.17, 15) is 4.79 Å². The van der Waals surface area contributed by atoms with E-state index in [1.807, 2.05) is 38.2 Å². The second-order valence-electron chi connectivity index (χ2n) is 5.62. The molecule has 0 aliphatic heterocycles. The Morgan fingerprint density at radius 3 is 2.85 bits per heavy atom. The van der Waals surface area contributed by atoms with Crippen LogP contribution in [0.2, 0.25) is 0 Å². The van der Waals surface area contributed by atoms with Crippen LogP contribution in [0.1, 0.15) is 19.4 Å². The molecule has 0 bridgehead atoms. The van der Waals surface area contributed by atoms with Gasteiger partial charge in [0.15, 0.2) is 6.61 Å². The van der Waals surface area contributed by atoms with Gasteiger partial charge in [-0.15, -0.1) is 0 Å². The van der Waals surface area contributed by atoms with E-state index in [4.69, 9.17) is 10.5 Å². The lowest BCUT2D eigenvalue weighted by Gasteiger charge is -2.17. The van der Waals surface area contributed by atoms with E-state index < -0.39 is 0 Å². The van der Waals surface area contributed by atoms with E-state index >= 15 is 0 Å². The van der Waals surface area contributed by atoms with E-state index in [1.165, 1.54) is 0 Å². The van der Waals surface area contributed by atoms with Gasteiger partial charge in [0, 0.05) is 24.2 Å². The number of hydrogen-bond donors (Lipinski definition) is 3. The first-order chi connectivity index (χ1) is 9.40. The average molecular weight is 275 g/mol. The predicted octanol–water partition coefficient (Wildman–Crippen LogP) is 1.57. The Kier molecular flexibility index (Phi) is 3.99. The van der Waals surface area contributed by atoms with Crippen molar-refractivity contribution in [3.8, 4) is 5.75 Å². The maximum atomic E-state index is 11.3. The number of ether oxygens (including phenoxy) is 1. The minimum absolute atomic E-state index is 0.00630. The van der Waals surface area contributed by atoms with Crippen molar-refractivity contribution in [2.45, 2.75) is 25.8 Å². The fraction of sp³-hybridized carbons (Fsp3) is 0.400. The van der Waals surface area contributed by atoms with Crippen LogP contribution in [-0.4, -0.2) is 30.1 Å². The van der Waals surface area contributed by atoms with Gasteiger partial charge in [0.1, 0.15) is 5.75 Å². The van der Waals surface area contributed by atoms with Crippen LogP contribution in [0.5, 0.6) is 5.75 Å². The number of amides is 1. The van der Waals surface area contributed by atoms with Crippen molar-refractivity contribution in [3.63, 3.8) is 0 Å². The minimum Gasteiger partial charge on any atom is -0.482 e. The monoisotopic (exact) mass is 275 g/mol. The van der Waals surface area contributed by atoms with Gasteiger partial charge in [-0.2, -0.15) is 0 Å². The molecule has 1 aromatic carbocycles. The molecule has 0 spiro atoms. The summed E-state index contributed by atoms with van der Waals surface area (Å²) in [5.41, 5.74) is 7.85. The highest BCUT2D eigenvalue weighted by Crippen LogP contribution is 2.28. The zero-order chi connectivity index (χ0) is 14.8. The summed E-state index contributed by atoms with van der Waals surface area (Å²) in [4.78, 5) is 14.5. The number of aromatic nitrogens is 1. The normalized spacial score (nSPS) is 11.6. The Morgan fingerprint density at radius 1 is 1.45 bits per heavy atom. The summed E-state index contributed by atoms with van der Waals surface area (Å²) in [6.45, 7) is 4.00. The summed E-state index contributed by atoms with van der Waals surface area (Å²) in [7, 11) is 1.59. The molecule has 5 nitrogen and oxygen atoms in total. The third kappa shape index (κ3) is 3.30. The fourth-order valence-corrected chi connectivity index (χ4v) is 2.16. The minimum atomic E-state index is -0.270. The first-order valence-electron chi connectivity index (χ1n) is 6.62. The molecule has 0 unspecified atom stereocenters. The van der Waals surface area contributed by atoms with Gasteiger partial charge in [-0.1, -0.05) is 12.1 Å². The molecular weight excluding hydrogens is 254 g/mol. The van der Waals surface area contributed by atoms with Crippen molar-refractivity contribution in [1.82, 2.24) is 10.3 Å². The highest BCUT2D eigenvalue weighted by molar-refractivity contribution is 5.89. The van der Waals surface area contributed by atoms with E-state index in [1.54, 1.807) is 7.05 Å². The number of H-pyrrole nitrogens is 1. The Morgan fingerprint density at radius 2 is 2.20 bits per heavy atom. The third-order valence-electron chi connectivity index (χ3n) is 3.05. The number of carbonyl (C=O) groups excluding carboxylic acids is 1. The zero-order valence-corrected chi connectivity index (χ0v) is 12.1. The summed E-state index contributed by atoms with van der Waals surface area (Å²) in [6.07, 6.45) is 2.72. The molecule has 0 atom stereocenters. The molecule has 0 saturated heterocycles. The summed E-state index contributed by atoms with van der Waals surface area (Å²) in [5.74, 6) is 0.518. The topological polar surface area (TPSA) is 80.1 Å². The van der Waals surface area contributed by atoms with E-state index in [-0.39, 0.29) is 18.1 Å². The van der Waals surface area contributed by atoms with Gasteiger partial charge >= 0.3 is 0 Å². The Balaban J connectivity index is 2.28. The molecular formula is C15H21N3O2. The molecule has 0 fully saturated rings. The molecule has 0 aliphatic carbocycles. The molecule has 0 radical (unpaired) electrons. The Bertz CT molecular complexity index is 611. The second kappa shape index (κ2) is 5.54. The summed E-state index contributed by atoms with van der Waals surface area (Å²) in [6, 6.07) is 5.79. The maximum Gasteiger partial charge on any atom is 0.257 e. The molecule has 1 amide bonds. The van der Waals surface area contributed by atoms with Gasteiger partial charge in [0.25, 0.3) is 5.91 Å². The van der Waals surface area contributed by atoms with Crippen molar-refractivity contribution < 1.29 is 9.53 Å². The summed E-state index contributed by atoms with van der Waals surface area (Å²) < 4.78 is 5.54. The van der Waals surface area contributed by atoms with Crippen LogP contribution in [0.25, 0.3) is 10.9 Å². The average Bonchev–Trinajstić information content (AvgIpc) is 2.77. The molecule has 0 saturated carbocycles. The van der Waals surface area contributed by atoms with E-state index in [2.05, 4.69) is 10.3 Å². The molecule has 2 rings (SSSR count). The summed E-state index contributed by atoms with van der Waals surface area (Å²) in [5, 5.41) is 3.61. The summed E-state index contributed by atoms with van der Waals surface area (Å²) >= 11 is 0. The fourth-order valence-electron chi connectivity index (χ4n) is 2.16. The maximum absolute atomic E-state index is 11.3. The molecule has 2 aromatic rings. The van der Waals surface area contributed by atoms with Crippen molar-refractivity contribution in [3.05, 3.63) is 30.0 Å². The predicted molar refractivity (Wildman–Crippen MR) is 79.8 cm³/mol. The van der Waals surface area contributed by atoms with E-state index in [0.29, 0.717) is 5.75 Å². The van der Waals surface area contributed by atoms with E-state index in [0.717, 1.165) is 22.9 Å². The van der Waals surface area contributed by atoms with Crippen LogP contribution >= 0.6 is 0 Å². The number of aromatic amines is 1. The Hall–Kier alpha value is -2.01. The molecule has 1 aromatic heterocycles. The van der Waals surface area contributed by atoms with Gasteiger partial charge in [0.2, 0.25) is 0 Å². The third-order valence-corrected chi connectivity index (χ3v) is 3.05. The van der Waals surface area contributed by atoms with Crippen LogP contribution in [0.3, 0.4) is 0 Å². The second-order valence-corrected chi connectivity index (χ2v) is 5.62. The number of rotatable bonds is 5. The number of hydrogen-bond acceptors (Lipinski definition) is 3. The first-order valence-corrected chi connectivity index (χ1v) is 6.62. The quantitative estimate of drug-likeness (QED) is 0.775. The number of para-hydroxylation sites is 1. The highest BCUT2D eigenvalue weighted by Gasteiger charge is 2.16. The van der Waals surface area contributed by atoms with Gasteiger partial charge < -0.3 is 20.8 Å². The first kappa shape index (κ1) is 14.4. The number of nitrogens with two attached hydrogens (primary N) is 1. The number of nitrogens with one attached hydrogen (secondary N) is 2. The van der Waals surface area contributed by atoms with Gasteiger partial charge in [0.05, 0.1) is 5.52 Å². The number of fused-ring (bicyclic) bond motifs is 1. The lowest BCUT2D eigenvalue weighted by molar-refractivity contribution is -0.122. The zero-order valence-electron chi connectivity index (χ0n) is 12.1. The van der Waals surface area contributed by atoms with Crippen molar-refractivity contribution >= 4 is 16.8 Å². The van der Waals surface area contributed by atoms with Crippen molar-refractivity contribution in [1.29, 1.82) is 0 Å². The molecule has 1 heterocycles. The lowest BCUT2D eigenvalue weighted by Crippen LogP contribution is -2.34. The molecule has 5 heteroatoms. The molecule has 0 aliphatic rings. The number of carbonyl (C=O) groups is 1. The lowest BCUT2D eigenvalue weighted by atomic mass is 9.96. The van der Waals surface area contributed by atoms with Crippen molar-refractivity contribution in [2.75, 3.05) is 13.7 Å². The largest absolute Gasteiger partial charge is 0.482 e. The van der Waals surface area contributed by atoms with Crippen LogP contribution in [-0.2, 0) is 11.2 Å². The van der Waals surface area contributed by atoms with Crippen molar-refractivity contribution in [2.24, 2.45) is 5.73 Å². The highest BCUT2D eigenvalue weighted by atomic mass is 16.5. The standard InChI is InChI=1S/C15H21N3O2/c1-15(2,16)7-10-8-18-14-11(10)5-4-6-12(14)20-9-13(19)17-3/h4-6,8,18H,7,9,16H2,1-3H3,(H,17,19). The molecule has 20 heavy (non-hydrogen) atoms. The Labute approximate surface area is 118 Å². The van der Waals surface area contributed by atoms with Gasteiger partial charge in [-0.05, 0) is 31.9 Å². The molecule has 108 valence electrons. The van der Waals surface area contributed by atoms with Crippen LogP contribution < -0.4 is 15.8 Å².